The number of benzene rings is 3. The summed E-state index contributed by atoms with van der Waals surface area (Å²) in [6.07, 6.45) is -19.4. The molecule has 0 unspecified atom stereocenters. The van der Waals surface area contributed by atoms with E-state index in [1.807, 2.05) is 0 Å². The van der Waals surface area contributed by atoms with Crippen LogP contribution in [0.2, 0.25) is 0 Å². The van der Waals surface area contributed by atoms with Crippen LogP contribution in [-0.2, 0) is 133 Å². The van der Waals surface area contributed by atoms with E-state index in [4.69, 9.17) is 13.6 Å². The van der Waals surface area contributed by atoms with Crippen molar-refractivity contribution in [3.63, 3.8) is 0 Å². The molecule has 0 N–H and O–H groups in total. The summed E-state index contributed by atoms with van der Waals surface area (Å²) in [5.74, 6) is -18.1. The molecule has 28 nitrogen and oxygen atoms in total. The fourth-order valence-electron chi connectivity index (χ4n) is 10.9. The highest BCUT2D eigenvalue weighted by Crippen LogP contribution is 2.52. The second-order valence-electron chi connectivity index (χ2n) is 23.2. The monoisotopic (exact) mass is 1690 g/mol. The molecule has 3 aromatic carbocycles. The molecule has 50 heteroatoms. The van der Waals surface area contributed by atoms with Gasteiger partial charge in [0, 0.05) is 75.1 Å². The maximum Gasteiger partial charge on any atom is 0.480 e. The van der Waals surface area contributed by atoms with Gasteiger partial charge >= 0.3 is 43.4 Å². The molecule has 0 spiro atoms. The summed E-state index contributed by atoms with van der Waals surface area (Å²) in [5, 5.41) is 1.69. The number of aromatic nitrogens is 12. The number of rotatable bonds is 18. The Kier molecular flexibility index (Phi) is 21.3. The molecule has 0 aliphatic rings. The summed E-state index contributed by atoms with van der Waals surface area (Å²) in [4.78, 5) is 130. The highest BCUT2D eigenvalue weighted by molar-refractivity contribution is 7.48. The Morgan fingerprint density at radius 2 is 0.645 bits per heavy atom. The number of aryl methyl sites for hydroxylation is 3. The first-order valence-electron chi connectivity index (χ1n) is 30.1. The molecule has 3 amide bonds. The van der Waals surface area contributed by atoms with Crippen LogP contribution in [0.15, 0.2) is 96.3 Å². The highest BCUT2D eigenvalue weighted by atomic mass is 32.1. The number of carbonyl (C=O) groups excluding carboxylic acids is 3. The number of hydrogen-bond acceptors (Lipinski definition) is 22. The molecule has 12 rings (SSSR count). The van der Waals surface area contributed by atoms with Crippen molar-refractivity contribution in [2.24, 2.45) is 57.3 Å². The first-order chi connectivity index (χ1) is 51.5. The van der Waals surface area contributed by atoms with Crippen LogP contribution in [0.1, 0.15) is 33.8 Å². The topological polar surface area (TPSA) is 319 Å². The summed E-state index contributed by atoms with van der Waals surface area (Å²) < 4.78 is 275. The highest BCUT2D eigenvalue weighted by Gasteiger charge is 2.40. The van der Waals surface area contributed by atoms with Crippen LogP contribution >= 0.6 is 76.4 Å². The number of amides is 3. The number of carbonyl (C=O) groups is 3. The van der Waals surface area contributed by atoms with Crippen LogP contribution in [0.25, 0.3) is 64.4 Å². The maximum absolute atomic E-state index is 16.3. The van der Waals surface area contributed by atoms with Crippen LogP contribution in [0.4, 0.5) is 65.9 Å². The normalized spacial score (nSPS) is 13.1. The number of thiazole rings is 3. The van der Waals surface area contributed by atoms with E-state index in [0.717, 1.165) is 51.0 Å². The molecule has 0 radical (unpaired) electrons. The largest absolute Gasteiger partial charge is 0.480 e. The molecule has 12 aromatic rings. The van der Waals surface area contributed by atoms with Crippen LogP contribution < -0.4 is 48.2 Å². The summed E-state index contributed by atoms with van der Waals surface area (Å²) in [5.41, 5.74) is -18.4. The number of hydrogen-bond donors (Lipinski definition) is 0. The molecule has 0 aliphatic heterocycles. The van der Waals surface area contributed by atoms with Gasteiger partial charge in [0.05, 0.1) is 86.3 Å². The van der Waals surface area contributed by atoms with Crippen molar-refractivity contribution >= 4 is 125 Å². The van der Waals surface area contributed by atoms with Gasteiger partial charge in [-0.15, -0.1) is 34.0 Å². The van der Waals surface area contributed by atoms with Gasteiger partial charge in [-0.2, -0.15) is 67.6 Å². The molecule has 0 bridgehead atoms. The third-order valence-corrected chi connectivity index (χ3v) is 23.2. The third kappa shape index (κ3) is 14.5. The molecule has 578 valence electrons. The number of phosphoric ester groups is 1. The third-order valence-electron chi connectivity index (χ3n) is 16.5. The number of phosphoric acid groups is 1. The lowest BCUT2D eigenvalue weighted by atomic mass is 10.1. The smallest absolute Gasteiger partial charge is 0.292 e. The van der Waals surface area contributed by atoms with Crippen molar-refractivity contribution in [1.82, 2.24) is 54.2 Å². The van der Waals surface area contributed by atoms with Crippen molar-refractivity contribution in [2.45, 2.75) is 58.0 Å². The molecule has 0 atom stereocenters. The molecule has 0 fully saturated rings. The van der Waals surface area contributed by atoms with E-state index in [1.54, 1.807) is 0 Å². The molecule has 9 heterocycles. The van der Waals surface area contributed by atoms with Crippen molar-refractivity contribution < 1.29 is 98.4 Å². The van der Waals surface area contributed by atoms with E-state index in [9.17, 15) is 82.7 Å². The number of alkyl halides is 9. The number of halogens is 15. The number of nitrogens with zero attached hydrogens (tertiary/aromatic N) is 15. The lowest BCUT2D eigenvalue weighted by Crippen LogP contribution is -2.36. The van der Waals surface area contributed by atoms with E-state index in [-0.39, 0.29) is 65.9 Å². The van der Waals surface area contributed by atoms with E-state index < -0.39 is 217 Å². The lowest BCUT2D eigenvalue weighted by molar-refractivity contribution is -0.141. The average Bonchev–Trinajstić information content (AvgIpc) is 1.59. The molecule has 0 saturated heterocycles. The molecular formula is C60H39F15N15O13PS6. The van der Waals surface area contributed by atoms with Crippen molar-refractivity contribution in [3.05, 3.63) is 198 Å². The standard InChI is InChI=1S/C60H39F15N15O13PS6/c1-82-46(94)37-28(79-108-49(37)85(4)55(82)97)13-34(91)76-52-88(31(16-105-52)22-7-10-25(58(67,68)69)43(64)40(22)61)19-101-104(100,102-20-89-32(23-8-11-26(59(70,71)72)44(65)41(23)62)17-106-53(89)77-35(92)14-29-38-47(95)83(2)56(98)86(5)50(38)109-80-29)103-21-90-33(24-9-12-27(60(73,74)75)45(66)42(24)63)18-107-54(90)78-36(93)15-30-39-48(96)84(3)57(99)87(6)51(39)110-81-30/h7-12,16-18H,13-15,19-21H2,1-6H3/b76-52+,77-53+,78-54+. The lowest BCUT2D eigenvalue weighted by Gasteiger charge is -2.21. The van der Waals surface area contributed by atoms with Gasteiger partial charge < -0.3 is 0 Å². The van der Waals surface area contributed by atoms with Crippen LogP contribution in [-0.4, -0.2) is 71.9 Å². The van der Waals surface area contributed by atoms with Crippen LogP contribution in [0, 0.1) is 34.9 Å². The van der Waals surface area contributed by atoms with E-state index in [0.29, 0.717) is 114 Å². The predicted molar refractivity (Wildman–Crippen MR) is 362 cm³/mol. The minimum absolute atomic E-state index is 0.0351. The second-order valence-corrected chi connectivity index (χ2v) is 29.6. The van der Waals surface area contributed by atoms with Crippen molar-refractivity contribution in [3.8, 4) is 33.8 Å². The Labute approximate surface area is 621 Å². The van der Waals surface area contributed by atoms with Gasteiger partial charge in [0.25, 0.3) is 34.4 Å². The summed E-state index contributed by atoms with van der Waals surface area (Å²) in [7, 11) is 0.923. The van der Waals surface area contributed by atoms with Gasteiger partial charge in [-0.3, -0.25) is 83.4 Å². The van der Waals surface area contributed by atoms with Crippen LogP contribution in [0.5, 0.6) is 0 Å². The Balaban J connectivity index is 1.03. The molecular weight excluding hydrogens is 1650 g/mol. The van der Waals surface area contributed by atoms with Gasteiger partial charge in [-0.25, -0.2) is 45.3 Å². The quantitative estimate of drug-likeness (QED) is 0.0573. The average molecular weight is 1690 g/mol. The minimum Gasteiger partial charge on any atom is -0.292 e. The molecule has 0 aliphatic carbocycles. The van der Waals surface area contributed by atoms with Crippen molar-refractivity contribution in [1.29, 1.82) is 0 Å². The van der Waals surface area contributed by atoms with E-state index in [1.165, 1.54) is 21.1 Å². The second kappa shape index (κ2) is 29.5. The van der Waals surface area contributed by atoms with E-state index in [2.05, 4.69) is 28.1 Å². The molecule has 110 heavy (non-hydrogen) atoms. The zero-order valence-corrected chi connectivity index (χ0v) is 61.3. The van der Waals surface area contributed by atoms with Crippen LogP contribution in [0.3, 0.4) is 0 Å². The van der Waals surface area contributed by atoms with Gasteiger partial charge in [0.2, 0.25) is 0 Å². The SMILES string of the molecule is Cn1c(=O)c2c(CC(=O)/N=c3/scc(-c4ccc(C(F)(F)F)c(F)c4F)n3COP(=O)(OCn3c(-c4ccc(C(F)(F)F)c(F)c4F)cs/c3=N/C(=O)Cc3nsc4c3c(=O)n(C)c(=O)n4C)OCn3c(-c4ccc(C(F)(F)F)c(F)c4F)cs/c3=N/C(=O)Cc3nsc4c3c(=O)n(C)c(=O)n4C)nsc2n(C)c1=O. The fourth-order valence-corrected chi connectivity index (χ4v) is 17.1. The van der Waals surface area contributed by atoms with Gasteiger partial charge in [-0.1, -0.05) is 0 Å². The Morgan fingerprint density at radius 3 is 0.882 bits per heavy atom. The summed E-state index contributed by atoms with van der Waals surface area (Å²) in [6.45, 7) is -4.88. The summed E-state index contributed by atoms with van der Waals surface area (Å²) >= 11 is 2.67. The Bertz CT molecular complexity index is 5980. The maximum atomic E-state index is 16.3. The van der Waals surface area contributed by atoms with Gasteiger partial charge in [0.1, 0.15) is 34.7 Å². The molecule has 0 saturated carbocycles. The van der Waals surface area contributed by atoms with Gasteiger partial charge in [-0.05, 0) is 71.0 Å². The number of fused-ring (bicyclic) bond motifs is 3. The summed E-state index contributed by atoms with van der Waals surface area (Å²) in [6, 6.07) is 1.37. The first kappa shape index (κ1) is 79.3. The van der Waals surface area contributed by atoms with Gasteiger partial charge in [0.15, 0.2) is 49.3 Å². The fraction of sp³-hybridized carbons (Fsp3) is 0.250. The van der Waals surface area contributed by atoms with Crippen molar-refractivity contribution in [2.75, 3.05) is 0 Å². The molecule has 9 aromatic heterocycles. The Hall–Kier alpha value is -10.3. The Morgan fingerprint density at radius 1 is 0.400 bits per heavy atom. The zero-order valence-electron chi connectivity index (χ0n) is 55.5. The van der Waals surface area contributed by atoms with E-state index >= 15 is 30.9 Å². The first-order valence-corrected chi connectivity index (χ1v) is 36.6. The zero-order chi connectivity index (χ0) is 80.2. The minimum atomic E-state index is -6.17. The predicted octanol–water partition coefficient (Wildman–Crippen LogP) is 8.63.